The molecule has 2 amide bonds. The molecule has 4 rings (SSSR count). The molecule has 0 aromatic heterocycles. The molecule has 26 heavy (non-hydrogen) atoms. The van der Waals surface area contributed by atoms with Crippen LogP contribution in [-0.2, 0) is 9.47 Å². The van der Waals surface area contributed by atoms with Gasteiger partial charge in [-0.05, 0) is 104 Å². The van der Waals surface area contributed by atoms with Gasteiger partial charge >= 0.3 is 12.2 Å². The second kappa shape index (κ2) is 7.77. The van der Waals surface area contributed by atoms with Gasteiger partial charge in [0.15, 0.2) is 0 Å². The Kier molecular flexibility index (Phi) is 6.29. The molecule has 0 N–H and O–H groups in total. The highest BCUT2D eigenvalue weighted by Crippen LogP contribution is 2.53. The molecule has 0 saturated heterocycles. The van der Waals surface area contributed by atoms with Crippen molar-refractivity contribution in [2.75, 3.05) is 7.05 Å². The number of nitrogens with zero attached hydrogens (tertiary/aromatic N) is 1. The molecule has 4 bridgehead atoms. The van der Waals surface area contributed by atoms with Crippen LogP contribution in [-0.4, -0.2) is 35.3 Å². The summed E-state index contributed by atoms with van der Waals surface area (Å²) in [5.74, 6) is 4.71. The van der Waals surface area contributed by atoms with Crippen molar-refractivity contribution in [1.82, 2.24) is 4.90 Å². The van der Waals surface area contributed by atoms with Crippen LogP contribution in [0.4, 0.5) is 9.59 Å². The van der Waals surface area contributed by atoms with Crippen LogP contribution in [0.1, 0.15) is 80.1 Å². The van der Waals surface area contributed by atoms with Gasteiger partial charge in [-0.1, -0.05) is 0 Å². The van der Waals surface area contributed by atoms with Crippen molar-refractivity contribution in [1.29, 1.82) is 0 Å². The number of rotatable bonds is 0. The van der Waals surface area contributed by atoms with Crippen LogP contribution in [0.5, 0.6) is 0 Å². The van der Waals surface area contributed by atoms with Gasteiger partial charge in [-0.15, -0.1) is 0 Å². The van der Waals surface area contributed by atoms with E-state index in [1.165, 1.54) is 30.7 Å². The minimum atomic E-state index is -0.721. The van der Waals surface area contributed by atoms with Gasteiger partial charge in [0.25, 0.3) is 0 Å². The summed E-state index contributed by atoms with van der Waals surface area (Å²) in [6.45, 7) is 10.4. The van der Waals surface area contributed by atoms with Gasteiger partial charge in [-0.3, -0.25) is 0 Å². The van der Waals surface area contributed by atoms with Gasteiger partial charge in [-0.25, -0.2) is 14.5 Å². The molecular weight excluding hydrogens is 330 g/mol. The van der Waals surface area contributed by atoms with Gasteiger partial charge in [0.1, 0.15) is 11.2 Å². The molecule has 0 atom stereocenters. The zero-order chi connectivity index (χ0) is 19.7. The van der Waals surface area contributed by atoms with Gasteiger partial charge < -0.3 is 9.47 Å². The molecule has 4 aliphatic carbocycles. The minimum absolute atomic E-state index is 0.632. The van der Waals surface area contributed by atoms with Crippen LogP contribution in [0.25, 0.3) is 0 Å². The van der Waals surface area contributed by atoms with Crippen molar-refractivity contribution in [2.24, 2.45) is 23.7 Å². The summed E-state index contributed by atoms with van der Waals surface area (Å²) in [6.07, 6.45) is 8.18. The molecule has 0 aliphatic heterocycles. The Hall–Kier alpha value is -1.26. The number of carbonyl (C=O) groups excluding carboxylic acids is 2. The summed E-state index contributed by atoms with van der Waals surface area (Å²) in [6, 6.07) is 0. The van der Waals surface area contributed by atoms with Crippen molar-refractivity contribution in [3.05, 3.63) is 0 Å². The van der Waals surface area contributed by atoms with E-state index in [4.69, 9.17) is 9.47 Å². The largest absolute Gasteiger partial charge is 0.443 e. The molecule has 4 saturated carbocycles. The van der Waals surface area contributed by atoms with E-state index in [1.54, 1.807) is 80.1 Å². The number of imide groups is 1. The maximum Gasteiger partial charge on any atom is 0.419 e. The summed E-state index contributed by atoms with van der Waals surface area (Å²) in [7, 11) is 1.32. The van der Waals surface area contributed by atoms with E-state index in [1.807, 2.05) is 0 Å². The highest BCUT2D eigenvalue weighted by atomic mass is 16.6. The summed E-state index contributed by atoms with van der Waals surface area (Å²) in [5.41, 5.74) is -1.26. The van der Waals surface area contributed by atoms with Crippen LogP contribution in [0, 0.1) is 23.7 Å². The third kappa shape index (κ3) is 6.48. The van der Waals surface area contributed by atoms with Crippen molar-refractivity contribution in [3.8, 4) is 0 Å². The third-order valence-corrected chi connectivity index (χ3v) is 5.33. The number of carbonyl (C=O) groups is 2. The quantitative estimate of drug-likeness (QED) is 0.557. The predicted octanol–water partition coefficient (Wildman–Crippen LogP) is 5.62. The molecule has 0 radical (unpaired) electrons. The van der Waals surface area contributed by atoms with Crippen LogP contribution in [0.15, 0.2) is 0 Å². The van der Waals surface area contributed by atoms with Gasteiger partial charge in [-0.2, -0.15) is 0 Å². The van der Waals surface area contributed by atoms with E-state index in [-0.39, 0.29) is 0 Å². The van der Waals surface area contributed by atoms with Crippen LogP contribution >= 0.6 is 0 Å². The van der Waals surface area contributed by atoms with E-state index in [0.29, 0.717) is 0 Å². The van der Waals surface area contributed by atoms with Gasteiger partial charge in [0.05, 0.1) is 0 Å². The molecule has 5 nitrogen and oxygen atoms in total. The molecule has 0 aromatic rings. The fraction of sp³-hybridized carbons (Fsp3) is 0.905. The Bertz CT molecular complexity index is 431. The van der Waals surface area contributed by atoms with E-state index >= 15 is 0 Å². The van der Waals surface area contributed by atoms with Crippen LogP contribution < -0.4 is 0 Å². The first-order chi connectivity index (χ1) is 11.8. The smallest absolute Gasteiger partial charge is 0.419 e. The van der Waals surface area contributed by atoms with Crippen molar-refractivity contribution < 1.29 is 19.1 Å². The predicted molar refractivity (Wildman–Crippen MR) is 102 cm³/mol. The monoisotopic (exact) mass is 367 g/mol. The number of hydrogen-bond donors (Lipinski definition) is 0. The maximum absolute atomic E-state index is 11.5. The van der Waals surface area contributed by atoms with E-state index in [9.17, 15) is 9.59 Å². The van der Waals surface area contributed by atoms with Crippen LogP contribution in [0.2, 0.25) is 0 Å². The van der Waals surface area contributed by atoms with Gasteiger partial charge in [0, 0.05) is 7.05 Å². The molecule has 0 unspecified atom stereocenters. The second-order valence-corrected chi connectivity index (χ2v) is 10.4. The van der Waals surface area contributed by atoms with Gasteiger partial charge in [0.2, 0.25) is 0 Å². The molecule has 0 spiro atoms. The average Bonchev–Trinajstić information content (AvgIpc) is 2.41. The maximum atomic E-state index is 11.5. The number of ether oxygens (including phenoxy) is 2. The van der Waals surface area contributed by atoms with E-state index in [0.717, 1.165) is 4.90 Å². The number of amides is 2. The molecule has 150 valence electrons. The fourth-order valence-corrected chi connectivity index (χ4v) is 4.72. The molecule has 4 aliphatic rings. The molecule has 0 aromatic carbocycles. The van der Waals surface area contributed by atoms with Crippen molar-refractivity contribution in [3.63, 3.8) is 0 Å². The number of hydrogen-bond acceptors (Lipinski definition) is 4. The zero-order valence-corrected chi connectivity index (χ0v) is 17.6. The third-order valence-electron chi connectivity index (χ3n) is 5.33. The molecule has 4 fully saturated rings. The first-order valence-corrected chi connectivity index (χ1v) is 10.0. The minimum Gasteiger partial charge on any atom is -0.443 e. The summed E-state index contributed by atoms with van der Waals surface area (Å²) in [4.78, 5) is 23.8. The lowest BCUT2D eigenvalue weighted by Gasteiger charge is -2.49. The van der Waals surface area contributed by atoms with Crippen LogP contribution in [0.3, 0.4) is 0 Å². The SMILES string of the molecule is C1C2CC3CC1CC(C2)C3.CN(C(=O)OC(C)(C)C)C(=O)OC(C)(C)C. The standard InChI is InChI=1S/C11H21NO4.C10H16/c1-10(2,3)15-8(13)12(7)9(14)16-11(4,5)6;1-7-2-9-4-8(1)5-10(3-7)6-9/h1-7H3;7-10H,1-6H2. The summed E-state index contributed by atoms with van der Waals surface area (Å²) >= 11 is 0. The fourth-order valence-electron chi connectivity index (χ4n) is 4.72. The average molecular weight is 368 g/mol. The Morgan fingerprint density at radius 2 is 0.885 bits per heavy atom. The Morgan fingerprint density at radius 3 is 1.08 bits per heavy atom. The Labute approximate surface area is 158 Å². The highest BCUT2D eigenvalue weighted by molar-refractivity contribution is 5.87. The first kappa shape index (κ1) is 21.0. The Balaban J connectivity index is 0.000000202. The lowest BCUT2D eigenvalue weighted by atomic mass is 9.56. The summed E-state index contributed by atoms with van der Waals surface area (Å²) in [5, 5.41) is 0. The van der Waals surface area contributed by atoms with Crippen molar-refractivity contribution in [2.45, 2.75) is 91.3 Å². The first-order valence-electron chi connectivity index (χ1n) is 10.0. The Morgan fingerprint density at radius 1 is 0.654 bits per heavy atom. The molecular formula is C21H37NO4. The topological polar surface area (TPSA) is 55.8 Å². The summed E-state index contributed by atoms with van der Waals surface area (Å²) < 4.78 is 10.0. The van der Waals surface area contributed by atoms with Crippen molar-refractivity contribution >= 4 is 12.2 Å². The van der Waals surface area contributed by atoms with E-state index in [2.05, 4.69) is 0 Å². The molecule has 0 heterocycles. The van der Waals surface area contributed by atoms with E-state index < -0.39 is 23.4 Å². The zero-order valence-electron chi connectivity index (χ0n) is 17.6. The normalized spacial score (nSPS) is 29.5. The lowest BCUT2D eigenvalue weighted by molar-refractivity contribution is 0.00661. The molecule has 5 heteroatoms. The second-order valence-electron chi connectivity index (χ2n) is 10.4. The lowest BCUT2D eigenvalue weighted by Crippen LogP contribution is -2.41. The highest BCUT2D eigenvalue weighted by Gasteiger charge is 2.41.